The number of aromatic amines is 1. The fourth-order valence-corrected chi connectivity index (χ4v) is 2.00. The number of carbonyl (C=O) groups excluding carboxylic acids is 1. The largest absolute Gasteiger partial charge is 0.349 e. The predicted molar refractivity (Wildman–Crippen MR) is 71.5 cm³/mol. The maximum absolute atomic E-state index is 11.9. The van der Waals surface area contributed by atoms with Crippen LogP contribution in [0, 0.1) is 13.8 Å². The molecular weight excluding hydrogens is 242 g/mol. The number of aryl methyl sites for hydroxylation is 3. The first kappa shape index (κ1) is 13.3. The van der Waals surface area contributed by atoms with E-state index in [0.29, 0.717) is 13.0 Å². The molecule has 102 valence electrons. The average molecular weight is 261 g/mol. The van der Waals surface area contributed by atoms with Gasteiger partial charge in [0.15, 0.2) is 0 Å². The van der Waals surface area contributed by atoms with Crippen LogP contribution in [0.1, 0.15) is 36.3 Å². The van der Waals surface area contributed by atoms with Gasteiger partial charge >= 0.3 is 0 Å². The maximum Gasteiger partial charge on any atom is 0.222 e. The monoisotopic (exact) mass is 261 g/mol. The Balaban J connectivity index is 1.83. The molecule has 0 spiro atoms. The molecule has 2 rings (SSSR count). The zero-order chi connectivity index (χ0) is 13.8. The topological polar surface area (TPSA) is 75.6 Å². The third kappa shape index (κ3) is 3.43. The van der Waals surface area contributed by atoms with Gasteiger partial charge in [-0.15, -0.1) is 0 Å². The zero-order valence-corrected chi connectivity index (χ0v) is 11.5. The van der Waals surface area contributed by atoms with Crippen LogP contribution in [0.2, 0.25) is 0 Å². The zero-order valence-electron chi connectivity index (χ0n) is 11.5. The maximum atomic E-state index is 11.9. The van der Waals surface area contributed by atoms with E-state index in [1.807, 2.05) is 31.5 Å². The molecule has 0 aliphatic rings. The minimum Gasteiger partial charge on any atom is -0.349 e. The van der Waals surface area contributed by atoms with Gasteiger partial charge in [-0.1, -0.05) is 0 Å². The molecule has 2 aromatic heterocycles. The summed E-state index contributed by atoms with van der Waals surface area (Å²) in [4.78, 5) is 11.9. The van der Waals surface area contributed by atoms with Gasteiger partial charge in [-0.05, 0) is 26.8 Å². The van der Waals surface area contributed by atoms with Crippen molar-refractivity contribution in [2.45, 2.75) is 39.8 Å². The molecule has 0 aliphatic carbocycles. The molecule has 2 heterocycles. The molecule has 6 nitrogen and oxygen atoms in total. The molecular formula is C13H19N5O. The molecule has 1 unspecified atom stereocenters. The molecule has 6 heteroatoms. The summed E-state index contributed by atoms with van der Waals surface area (Å²) in [6.45, 7) is 6.48. The summed E-state index contributed by atoms with van der Waals surface area (Å²) in [6, 6.07) is 1.97. The lowest BCUT2D eigenvalue weighted by Crippen LogP contribution is -2.27. The minimum absolute atomic E-state index is 0.0150. The molecule has 2 aromatic rings. The normalized spacial score (nSPS) is 12.4. The number of carbonyl (C=O) groups is 1. The van der Waals surface area contributed by atoms with Crippen molar-refractivity contribution in [3.05, 3.63) is 35.4 Å². The van der Waals surface area contributed by atoms with Gasteiger partial charge in [-0.3, -0.25) is 14.6 Å². The van der Waals surface area contributed by atoms with Crippen molar-refractivity contribution < 1.29 is 4.79 Å². The van der Waals surface area contributed by atoms with Crippen LogP contribution in [-0.2, 0) is 11.3 Å². The molecule has 19 heavy (non-hydrogen) atoms. The molecule has 0 fully saturated rings. The van der Waals surface area contributed by atoms with Gasteiger partial charge < -0.3 is 5.32 Å². The molecule has 0 saturated heterocycles. The van der Waals surface area contributed by atoms with E-state index in [2.05, 4.69) is 20.6 Å². The minimum atomic E-state index is -0.0355. The fourth-order valence-electron chi connectivity index (χ4n) is 2.00. The summed E-state index contributed by atoms with van der Waals surface area (Å²) < 4.78 is 1.86. The first-order valence-corrected chi connectivity index (χ1v) is 6.35. The van der Waals surface area contributed by atoms with Crippen molar-refractivity contribution in [3.63, 3.8) is 0 Å². The first-order chi connectivity index (χ1) is 9.06. The highest BCUT2D eigenvalue weighted by molar-refractivity contribution is 5.76. The third-order valence-corrected chi connectivity index (χ3v) is 3.05. The Morgan fingerprint density at radius 2 is 2.32 bits per heavy atom. The van der Waals surface area contributed by atoms with Gasteiger partial charge in [0.1, 0.15) is 0 Å². The summed E-state index contributed by atoms with van der Waals surface area (Å²) in [5, 5.41) is 13.9. The Kier molecular flexibility index (Phi) is 3.99. The van der Waals surface area contributed by atoms with Crippen LogP contribution < -0.4 is 5.32 Å². The van der Waals surface area contributed by atoms with Gasteiger partial charge in [0.25, 0.3) is 0 Å². The summed E-state index contributed by atoms with van der Waals surface area (Å²) in [5.74, 6) is 0.0150. The van der Waals surface area contributed by atoms with Gasteiger partial charge in [-0.2, -0.15) is 10.2 Å². The van der Waals surface area contributed by atoms with Crippen LogP contribution >= 0.6 is 0 Å². The van der Waals surface area contributed by atoms with Crippen molar-refractivity contribution in [2.24, 2.45) is 0 Å². The second-order valence-electron chi connectivity index (χ2n) is 4.72. The van der Waals surface area contributed by atoms with E-state index < -0.39 is 0 Å². The Bertz CT molecular complexity index is 543. The molecule has 1 amide bonds. The summed E-state index contributed by atoms with van der Waals surface area (Å²) in [5.41, 5.74) is 3.03. The number of amides is 1. The summed E-state index contributed by atoms with van der Waals surface area (Å²) in [6.07, 6.45) is 3.92. The highest BCUT2D eigenvalue weighted by Crippen LogP contribution is 2.09. The SMILES string of the molecule is Cc1cc(C)n(CCC(=O)NC(C)c2cn[nH]c2)n1. The predicted octanol–water partition coefficient (Wildman–Crippen LogP) is 1.49. The molecule has 0 aromatic carbocycles. The smallest absolute Gasteiger partial charge is 0.222 e. The Labute approximate surface area is 112 Å². The fraction of sp³-hybridized carbons (Fsp3) is 0.462. The summed E-state index contributed by atoms with van der Waals surface area (Å²) >= 11 is 0. The number of H-pyrrole nitrogens is 1. The standard InChI is InChI=1S/C13H19N5O/c1-9-6-10(2)18(17-9)5-4-13(19)16-11(3)12-7-14-15-8-12/h6-8,11H,4-5H2,1-3H3,(H,14,15)(H,16,19). The lowest BCUT2D eigenvalue weighted by atomic mass is 10.2. The number of aromatic nitrogens is 4. The molecule has 0 saturated carbocycles. The van der Waals surface area contributed by atoms with E-state index >= 15 is 0 Å². The van der Waals surface area contributed by atoms with Crippen molar-refractivity contribution in [3.8, 4) is 0 Å². The van der Waals surface area contributed by atoms with Crippen LogP contribution in [0.15, 0.2) is 18.5 Å². The van der Waals surface area contributed by atoms with Gasteiger partial charge in [0.05, 0.1) is 17.9 Å². The first-order valence-electron chi connectivity index (χ1n) is 6.35. The molecule has 0 aliphatic heterocycles. The Morgan fingerprint density at radius 3 is 2.89 bits per heavy atom. The Hall–Kier alpha value is -2.11. The number of nitrogens with one attached hydrogen (secondary N) is 2. The number of hydrogen-bond donors (Lipinski definition) is 2. The van der Waals surface area contributed by atoms with E-state index in [9.17, 15) is 4.79 Å². The molecule has 0 radical (unpaired) electrons. The van der Waals surface area contributed by atoms with Crippen LogP contribution in [0.25, 0.3) is 0 Å². The van der Waals surface area contributed by atoms with Gasteiger partial charge in [0, 0.05) is 30.4 Å². The van der Waals surface area contributed by atoms with Crippen molar-refractivity contribution >= 4 is 5.91 Å². The Morgan fingerprint density at radius 1 is 1.53 bits per heavy atom. The molecule has 1 atom stereocenters. The van der Waals surface area contributed by atoms with E-state index in [-0.39, 0.29) is 11.9 Å². The second-order valence-corrected chi connectivity index (χ2v) is 4.72. The second kappa shape index (κ2) is 5.69. The highest BCUT2D eigenvalue weighted by atomic mass is 16.1. The number of rotatable bonds is 5. The summed E-state index contributed by atoms with van der Waals surface area (Å²) in [7, 11) is 0. The van der Waals surface area contributed by atoms with Crippen LogP contribution in [0.3, 0.4) is 0 Å². The quantitative estimate of drug-likeness (QED) is 0.856. The van der Waals surface area contributed by atoms with Gasteiger partial charge in [-0.25, -0.2) is 0 Å². The van der Waals surface area contributed by atoms with Crippen LogP contribution in [0.5, 0.6) is 0 Å². The lowest BCUT2D eigenvalue weighted by molar-refractivity contribution is -0.122. The van der Waals surface area contributed by atoms with E-state index in [4.69, 9.17) is 0 Å². The number of nitrogens with zero attached hydrogens (tertiary/aromatic N) is 3. The average Bonchev–Trinajstić information content (AvgIpc) is 2.96. The highest BCUT2D eigenvalue weighted by Gasteiger charge is 2.11. The van der Waals surface area contributed by atoms with E-state index in [1.165, 1.54) is 0 Å². The van der Waals surface area contributed by atoms with Crippen molar-refractivity contribution in [1.29, 1.82) is 0 Å². The van der Waals surface area contributed by atoms with E-state index in [0.717, 1.165) is 17.0 Å². The van der Waals surface area contributed by atoms with Gasteiger partial charge in [0.2, 0.25) is 5.91 Å². The molecule has 0 bridgehead atoms. The third-order valence-electron chi connectivity index (χ3n) is 3.05. The van der Waals surface area contributed by atoms with Crippen molar-refractivity contribution in [2.75, 3.05) is 0 Å². The van der Waals surface area contributed by atoms with E-state index in [1.54, 1.807) is 12.4 Å². The lowest BCUT2D eigenvalue weighted by Gasteiger charge is -2.12. The van der Waals surface area contributed by atoms with Crippen molar-refractivity contribution in [1.82, 2.24) is 25.3 Å². The number of hydrogen-bond acceptors (Lipinski definition) is 3. The van der Waals surface area contributed by atoms with Crippen LogP contribution in [-0.4, -0.2) is 25.9 Å². The van der Waals surface area contributed by atoms with Crippen LogP contribution in [0.4, 0.5) is 0 Å². The molecule has 2 N–H and O–H groups in total.